The average Bonchev–Trinajstić information content (AvgIpc) is 2.40. The van der Waals surface area contributed by atoms with Crippen LogP contribution < -0.4 is 11.1 Å². The Labute approximate surface area is 114 Å². The summed E-state index contributed by atoms with van der Waals surface area (Å²) in [6.45, 7) is 6.83. The van der Waals surface area contributed by atoms with E-state index in [1.165, 1.54) is 11.1 Å². The molecular weight excluding hydrogens is 236 g/mol. The van der Waals surface area contributed by atoms with Gasteiger partial charge in [0, 0.05) is 30.5 Å². The van der Waals surface area contributed by atoms with Gasteiger partial charge >= 0.3 is 0 Å². The minimum atomic E-state index is 0.0861. The standard InChI is InChI=1S/C15H20N4/c1-10-4-5-13(6-11(10)2)14-8-18-15(19-9-14)17-7-12(3)16/h4-6,8-9,12H,7,16H2,1-3H3,(H,17,18,19). The van der Waals surface area contributed by atoms with Gasteiger partial charge in [0.2, 0.25) is 5.95 Å². The Hall–Kier alpha value is -1.94. The first kappa shape index (κ1) is 13.5. The highest BCUT2D eigenvalue weighted by atomic mass is 15.1. The summed E-state index contributed by atoms with van der Waals surface area (Å²) in [5, 5.41) is 3.10. The van der Waals surface area contributed by atoms with Crippen LogP contribution in [-0.4, -0.2) is 22.6 Å². The van der Waals surface area contributed by atoms with Crippen LogP contribution in [0, 0.1) is 13.8 Å². The fourth-order valence-corrected chi connectivity index (χ4v) is 1.74. The van der Waals surface area contributed by atoms with Crippen LogP contribution in [0.2, 0.25) is 0 Å². The van der Waals surface area contributed by atoms with E-state index in [0.717, 1.165) is 11.1 Å². The van der Waals surface area contributed by atoms with E-state index in [0.29, 0.717) is 12.5 Å². The third-order valence-electron chi connectivity index (χ3n) is 3.07. The van der Waals surface area contributed by atoms with Gasteiger partial charge in [0.05, 0.1) is 0 Å². The first-order chi connectivity index (χ1) is 9.06. The van der Waals surface area contributed by atoms with Crippen molar-refractivity contribution < 1.29 is 0 Å². The summed E-state index contributed by atoms with van der Waals surface area (Å²) in [6.07, 6.45) is 3.67. The summed E-state index contributed by atoms with van der Waals surface area (Å²) in [7, 11) is 0. The van der Waals surface area contributed by atoms with Crippen molar-refractivity contribution in [3.05, 3.63) is 41.7 Å². The zero-order chi connectivity index (χ0) is 13.8. The lowest BCUT2D eigenvalue weighted by molar-refractivity contribution is 0.773. The number of aryl methyl sites for hydroxylation is 2. The van der Waals surface area contributed by atoms with Gasteiger partial charge in [-0.15, -0.1) is 0 Å². The minimum absolute atomic E-state index is 0.0861. The molecule has 2 rings (SSSR count). The smallest absolute Gasteiger partial charge is 0.222 e. The molecule has 0 spiro atoms. The Balaban J connectivity index is 2.15. The number of anilines is 1. The van der Waals surface area contributed by atoms with Crippen LogP contribution in [0.4, 0.5) is 5.95 Å². The molecular formula is C15H20N4. The number of hydrogen-bond donors (Lipinski definition) is 2. The molecule has 2 aromatic rings. The van der Waals surface area contributed by atoms with E-state index >= 15 is 0 Å². The summed E-state index contributed by atoms with van der Waals surface area (Å²) >= 11 is 0. The molecule has 0 amide bonds. The van der Waals surface area contributed by atoms with E-state index in [1.54, 1.807) is 0 Å². The van der Waals surface area contributed by atoms with Crippen molar-refractivity contribution in [2.24, 2.45) is 5.73 Å². The van der Waals surface area contributed by atoms with Gasteiger partial charge in [-0.05, 0) is 37.5 Å². The largest absolute Gasteiger partial charge is 0.353 e. The topological polar surface area (TPSA) is 63.8 Å². The van der Waals surface area contributed by atoms with Crippen molar-refractivity contribution in [2.75, 3.05) is 11.9 Å². The van der Waals surface area contributed by atoms with E-state index in [-0.39, 0.29) is 6.04 Å². The highest BCUT2D eigenvalue weighted by Gasteiger charge is 2.02. The van der Waals surface area contributed by atoms with Gasteiger partial charge in [-0.3, -0.25) is 0 Å². The summed E-state index contributed by atoms with van der Waals surface area (Å²) in [6, 6.07) is 6.45. The highest BCUT2D eigenvalue weighted by molar-refractivity contribution is 5.63. The third-order valence-corrected chi connectivity index (χ3v) is 3.07. The molecule has 100 valence electrons. The quantitative estimate of drug-likeness (QED) is 0.882. The van der Waals surface area contributed by atoms with Gasteiger partial charge in [-0.2, -0.15) is 0 Å². The Morgan fingerprint density at radius 1 is 1.11 bits per heavy atom. The van der Waals surface area contributed by atoms with E-state index < -0.39 is 0 Å². The summed E-state index contributed by atoms with van der Waals surface area (Å²) in [5.74, 6) is 0.616. The Morgan fingerprint density at radius 2 is 1.79 bits per heavy atom. The molecule has 4 nitrogen and oxygen atoms in total. The Kier molecular flexibility index (Phi) is 4.12. The van der Waals surface area contributed by atoms with Gasteiger partial charge in [0.15, 0.2) is 0 Å². The molecule has 1 unspecified atom stereocenters. The predicted octanol–water partition coefficient (Wildman–Crippen LogP) is 2.52. The van der Waals surface area contributed by atoms with E-state index in [4.69, 9.17) is 5.73 Å². The summed E-state index contributed by atoms with van der Waals surface area (Å²) in [5.41, 5.74) is 10.4. The molecule has 1 aromatic carbocycles. The van der Waals surface area contributed by atoms with Gasteiger partial charge in [-0.1, -0.05) is 18.2 Å². The molecule has 19 heavy (non-hydrogen) atoms. The maximum Gasteiger partial charge on any atom is 0.222 e. The van der Waals surface area contributed by atoms with Gasteiger partial charge in [-0.25, -0.2) is 9.97 Å². The van der Waals surface area contributed by atoms with Crippen LogP contribution in [0.25, 0.3) is 11.1 Å². The van der Waals surface area contributed by atoms with Crippen molar-refractivity contribution in [3.63, 3.8) is 0 Å². The van der Waals surface area contributed by atoms with Crippen LogP contribution in [-0.2, 0) is 0 Å². The molecule has 1 aromatic heterocycles. The number of rotatable bonds is 4. The van der Waals surface area contributed by atoms with Crippen molar-refractivity contribution in [2.45, 2.75) is 26.8 Å². The number of hydrogen-bond acceptors (Lipinski definition) is 4. The van der Waals surface area contributed by atoms with Gasteiger partial charge < -0.3 is 11.1 Å². The SMILES string of the molecule is Cc1ccc(-c2cnc(NCC(C)N)nc2)cc1C. The van der Waals surface area contributed by atoms with E-state index in [2.05, 4.69) is 47.3 Å². The Morgan fingerprint density at radius 3 is 2.37 bits per heavy atom. The molecule has 1 atom stereocenters. The molecule has 0 aliphatic rings. The molecule has 1 heterocycles. The molecule has 0 radical (unpaired) electrons. The lowest BCUT2D eigenvalue weighted by Gasteiger charge is -2.08. The number of nitrogens with one attached hydrogen (secondary N) is 1. The Bertz CT molecular complexity index is 547. The van der Waals surface area contributed by atoms with Crippen LogP contribution in [0.3, 0.4) is 0 Å². The number of nitrogens with zero attached hydrogens (tertiary/aromatic N) is 2. The second-order valence-corrected chi connectivity index (χ2v) is 4.95. The molecule has 0 saturated carbocycles. The van der Waals surface area contributed by atoms with Crippen LogP contribution in [0.5, 0.6) is 0 Å². The van der Waals surface area contributed by atoms with Gasteiger partial charge in [0.1, 0.15) is 0 Å². The molecule has 0 bridgehead atoms. The first-order valence-corrected chi connectivity index (χ1v) is 6.45. The highest BCUT2D eigenvalue weighted by Crippen LogP contribution is 2.21. The van der Waals surface area contributed by atoms with Gasteiger partial charge in [0.25, 0.3) is 0 Å². The number of aromatic nitrogens is 2. The lowest BCUT2D eigenvalue weighted by Crippen LogP contribution is -2.25. The summed E-state index contributed by atoms with van der Waals surface area (Å²) in [4.78, 5) is 8.60. The summed E-state index contributed by atoms with van der Waals surface area (Å²) < 4.78 is 0. The van der Waals surface area contributed by atoms with Crippen LogP contribution in [0.1, 0.15) is 18.1 Å². The molecule has 0 saturated heterocycles. The van der Waals surface area contributed by atoms with Crippen molar-refractivity contribution >= 4 is 5.95 Å². The maximum absolute atomic E-state index is 5.67. The van der Waals surface area contributed by atoms with Crippen molar-refractivity contribution in [1.29, 1.82) is 0 Å². The van der Waals surface area contributed by atoms with E-state index in [1.807, 2.05) is 19.3 Å². The first-order valence-electron chi connectivity index (χ1n) is 6.45. The fraction of sp³-hybridized carbons (Fsp3) is 0.333. The second-order valence-electron chi connectivity index (χ2n) is 4.95. The monoisotopic (exact) mass is 256 g/mol. The number of benzene rings is 1. The fourth-order valence-electron chi connectivity index (χ4n) is 1.74. The van der Waals surface area contributed by atoms with E-state index in [9.17, 15) is 0 Å². The normalized spacial score (nSPS) is 12.2. The zero-order valence-electron chi connectivity index (χ0n) is 11.6. The van der Waals surface area contributed by atoms with Crippen molar-refractivity contribution in [3.8, 4) is 11.1 Å². The zero-order valence-corrected chi connectivity index (χ0v) is 11.6. The molecule has 4 heteroatoms. The minimum Gasteiger partial charge on any atom is -0.353 e. The molecule has 0 aliphatic carbocycles. The third kappa shape index (κ3) is 3.51. The molecule has 0 aliphatic heterocycles. The van der Waals surface area contributed by atoms with Crippen LogP contribution in [0.15, 0.2) is 30.6 Å². The van der Waals surface area contributed by atoms with Crippen molar-refractivity contribution in [1.82, 2.24) is 9.97 Å². The number of nitrogens with two attached hydrogens (primary N) is 1. The lowest BCUT2D eigenvalue weighted by atomic mass is 10.0. The predicted molar refractivity (Wildman–Crippen MR) is 79.1 cm³/mol. The maximum atomic E-state index is 5.67. The molecule has 0 fully saturated rings. The molecule has 3 N–H and O–H groups in total. The van der Waals surface area contributed by atoms with Crippen LogP contribution >= 0.6 is 0 Å². The second kappa shape index (κ2) is 5.80. The average molecular weight is 256 g/mol.